The van der Waals surface area contributed by atoms with Crippen LogP contribution in [0.25, 0.3) is 0 Å². The minimum Gasteiger partial charge on any atom is -0.493 e. The molecule has 190 valence electrons. The van der Waals surface area contributed by atoms with Gasteiger partial charge in [-0.25, -0.2) is 4.98 Å². The van der Waals surface area contributed by atoms with Gasteiger partial charge in [0.1, 0.15) is 17.5 Å². The lowest BCUT2D eigenvalue weighted by Gasteiger charge is -2.38. The number of fused-ring (bicyclic) bond motifs is 1. The van der Waals surface area contributed by atoms with E-state index in [0.29, 0.717) is 47.2 Å². The normalized spacial score (nSPS) is 21.1. The molecule has 1 aliphatic heterocycles. The fourth-order valence-corrected chi connectivity index (χ4v) is 4.81. The molecule has 0 bridgehead atoms. The Bertz CT molecular complexity index is 1060. The minimum absolute atomic E-state index is 0.0173. The van der Waals surface area contributed by atoms with Gasteiger partial charge in [-0.2, -0.15) is 4.98 Å². The molecule has 10 heteroatoms. The summed E-state index contributed by atoms with van der Waals surface area (Å²) in [5.74, 6) is 4.24. The van der Waals surface area contributed by atoms with Crippen molar-refractivity contribution in [2.45, 2.75) is 45.7 Å². The Morgan fingerprint density at radius 2 is 1.77 bits per heavy atom. The molecule has 1 amide bonds. The van der Waals surface area contributed by atoms with Crippen molar-refractivity contribution in [1.29, 1.82) is 0 Å². The predicted octanol–water partition coefficient (Wildman–Crippen LogP) is 3.49. The number of aryl methyl sites for hydroxylation is 1. The minimum atomic E-state index is -0.259. The molecular weight excluding hydrogens is 450 g/mol. The molecule has 1 saturated carbocycles. The number of carbonyl (C=O) groups is 1. The summed E-state index contributed by atoms with van der Waals surface area (Å²) in [6.07, 6.45) is 1.90. The first-order valence-corrected chi connectivity index (χ1v) is 11.9. The summed E-state index contributed by atoms with van der Waals surface area (Å²) in [6.45, 7) is 6.55. The van der Waals surface area contributed by atoms with Gasteiger partial charge in [0, 0.05) is 25.2 Å². The molecule has 1 atom stereocenters. The second kappa shape index (κ2) is 10.1. The highest BCUT2D eigenvalue weighted by Crippen LogP contribution is 2.41. The van der Waals surface area contributed by atoms with Crippen molar-refractivity contribution in [3.05, 3.63) is 17.8 Å². The Morgan fingerprint density at radius 1 is 1.11 bits per heavy atom. The van der Waals surface area contributed by atoms with Crippen molar-refractivity contribution in [2.24, 2.45) is 11.8 Å². The van der Waals surface area contributed by atoms with E-state index in [1.165, 1.54) is 0 Å². The number of hydrogen-bond donors (Lipinski definition) is 2. The summed E-state index contributed by atoms with van der Waals surface area (Å²) in [5, 5.41) is 6.44. The summed E-state index contributed by atoms with van der Waals surface area (Å²) in [7, 11) is 6.66. The molecule has 0 saturated heterocycles. The second-order valence-corrected chi connectivity index (χ2v) is 9.47. The number of rotatable bonds is 9. The summed E-state index contributed by atoms with van der Waals surface area (Å²) in [5.41, 5.74) is 1.44. The van der Waals surface area contributed by atoms with Gasteiger partial charge in [0.15, 0.2) is 17.3 Å². The molecule has 10 nitrogen and oxygen atoms in total. The highest BCUT2D eigenvalue weighted by Gasteiger charge is 2.36. The Balaban J connectivity index is 1.36. The molecule has 35 heavy (non-hydrogen) atoms. The number of nitrogens with one attached hydrogen (secondary N) is 2. The molecule has 2 heterocycles. The quantitative estimate of drug-likeness (QED) is 0.552. The van der Waals surface area contributed by atoms with E-state index in [1.54, 1.807) is 33.5 Å². The molecule has 1 aromatic carbocycles. The summed E-state index contributed by atoms with van der Waals surface area (Å²) in [6, 6.07) is 3.62. The molecule has 1 fully saturated rings. The maximum atomic E-state index is 12.5. The zero-order chi connectivity index (χ0) is 25.3. The molecule has 2 aromatic rings. The lowest BCUT2D eigenvalue weighted by atomic mass is 9.81. The number of benzene rings is 1. The maximum Gasteiger partial charge on any atom is 0.247 e. The Kier molecular flexibility index (Phi) is 7.09. The van der Waals surface area contributed by atoms with Crippen LogP contribution in [0.15, 0.2) is 12.1 Å². The molecule has 0 radical (unpaired) electrons. The summed E-state index contributed by atoms with van der Waals surface area (Å²) < 4.78 is 22.2. The third-order valence-electron chi connectivity index (χ3n) is 6.66. The van der Waals surface area contributed by atoms with Crippen LogP contribution < -0.4 is 34.5 Å². The predicted molar refractivity (Wildman–Crippen MR) is 134 cm³/mol. The average molecular weight is 486 g/mol. The highest BCUT2D eigenvalue weighted by atomic mass is 16.5. The third-order valence-corrected chi connectivity index (χ3v) is 6.66. The van der Waals surface area contributed by atoms with Crippen molar-refractivity contribution < 1.29 is 23.7 Å². The van der Waals surface area contributed by atoms with Gasteiger partial charge < -0.3 is 34.5 Å². The number of likely N-dealkylation sites (N-methyl/N-ethyl adjacent to an activating group) is 1. The number of amides is 1. The third kappa shape index (κ3) is 4.87. The van der Waals surface area contributed by atoms with E-state index in [2.05, 4.69) is 15.6 Å². The van der Waals surface area contributed by atoms with Gasteiger partial charge in [-0.05, 0) is 31.6 Å². The average Bonchev–Trinajstić information content (AvgIpc) is 2.80. The Morgan fingerprint density at radius 3 is 2.34 bits per heavy atom. The van der Waals surface area contributed by atoms with Gasteiger partial charge >= 0.3 is 0 Å². The number of aromatic nitrogens is 2. The maximum absolute atomic E-state index is 12.5. The highest BCUT2D eigenvalue weighted by molar-refractivity contribution is 6.03. The van der Waals surface area contributed by atoms with Crippen molar-refractivity contribution in [2.75, 3.05) is 50.5 Å². The molecule has 1 aromatic heterocycles. The number of hydrogen-bond acceptors (Lipinski definition) is 9. The monoisotopic (exact) mass is 485 g/mol. The summed E-state index contributed by atoms with van der Waals surface area (Å²) >= 11 is 0. The standard InChI is InChI=1S/C25H35N5O5/c1-13(2)21-24(31)28-20-14(3)26-25(29-23(20)30(21)4)27-16-8-15(9-16)12-35-17-10-18(32-5)22(34-7)19(11-17)33-6/h10-11,13,15-16,21H,8-9,12H2,1-7H3,(H,28,31)(H,26,27,29)/t15?,16?,21-/m0/s1. The molecular formula is C25H35N5O5. The molecule has 0 spiro atoms. The second-order valence-electron chi connectivity index (χ2n) is 9.47. The fourth-order valence-electron chi connectivity index (χ4n) is 4.81. The van der Waals surface area contributed by atoms with E-state index in [4.69, 9.17) is 23.9 Å². The zero-order valence-electron chi connectivity index (χ0n) is 21.5. The Hall–Kier alpha value is -3.43. The zero-order valence-corrected chi connectivity index (χ0v) is 21.5. The first-order valence-electron chi connectivity index (χ1n) is 11.9. The van der Waals surface area contributed by atoms with Crippen LogP contribution in [0.1, 0.15) is 32.4 Å². The van der Waals surface area contributed by atoms with Crippen LogP contribution in [0.2, 0.25) is 0 Å². The number of methoxy groups -OCH3 is 3. The van der Waals surface area contributed by atoms with Crippen LogP contribution in [-0.2, 0) is 4.79 Å². The van der Waals surface area contributed by atoms with Gasteiger partial charge in [-0.3, -0.25) is 4.79 Å². The molecule has 0 unspecified atom stereocenters. The smallest absolute Gasteiger partial charge is 0.247 e. The number of carbonyl (C=O) groups excluding carboxylic acids is 1. The van der Waals surface area contributed by atoms with Crippen LogP contribution in [0, 0.1) is 18.8 Å². The van der Waals surface area contributed by atoms with Crippen molar-refractivity contribution >= 4 is 23.4 Å². The lowest BCUT2D eigenvalue weighted by molar-refractivity contribution is -0.118. The largest absolute Gasteiger partial charge is 0.493 e. The van der Waals surface area contributed by atoms with Gasteiger partial charge in [0.05, 0.1) is 33.6 Å². The fraction of sp³-hybridized carbons (Fsp3) is 0.560. The topological polar surface area (TPSA) is 107 Å². The SMILES string of the molecule is COc1cc(OCC2CC(Nc3nc(C)c4c(n3)N(C)[C@@H](C(C)C)C(=O)N4)C2)cc(OC)c1OC. The van der Waals surface area contributed by atoms with Gasteiger partial charge in [0.25, 0.3) is 0 Å². The number of anilines is 3. The molecule has 2 N–H and O–H groups in total. The molecule has 1 aliphatic carbocycles. The summed E-state index contributed by atoms with van der Waals surface area (Å²) in [4.78, 5) is 23.8. The first kappa shape index (κ1) is 24.7. The van der Waals surface area contributed by atoms with Crippen LogP contribution in [0.5, 0.6) is 23.0 Å². The van der Waals surface area contributed by atoms with Gasteiger partial charge in [0.2, 0.25) is 17.6 Å². The first-order chi connectivity index (χ1) is 16.7. The van der Waals surface area contributed by atoms with Gasteiger partial charge in [-0.1, -0.05) is 13.8 Å². The van der Waals surface area contributed by atoms with Crippen molar-refractivity contribution in [3.8, 4) is 23.0 Å². The number of ether oxygens (including phenoxy) is 4. The van der Waals surface area contributed by atoms with Crippen molar-refractivity contribution in [1.82, 2.24) is 9.97 Å². The van der Waals surface area contributed by atoms with E-state index < -0.39 is 0 Å². The van der Waals surface area contributed by atoms with Crippen LogP contribution in [-0.4, -0.2) is 62.9 Å². The van der Waals surface area contributed by atoms with E-state index in [1.807, 2.05) is 32.7 Å². The van der Waals surface area contributed by atoms with Crippen LogP contribution in [0.3, 0.4) is 0 Å². The van der Waals surface area contributed by atoms with E-state index in [9.17, 15) is 4.79 Å². The Labute approximate surface area is 206 Å². The van der Waals surface area contributed by atoms with E-state index in [0.717, 1.165) is 24.4 Å². The van der Waals surface area contributed by atoms with Crippen molar-refractivity contribution in [3.63, 3.8) is 0 Å². The van der Waals surface area contributed by atoms with Crippen LogP contribution >= 0.6 is 0 Å². The number of nitrogens with zero attached hydrogens (tertiary/aromatic N) is 3. The molecule has 4 rings (SSSR count). The van der Waals surface area contributed by atoms with E-state index in [-0.39, 0.29) is 23.9 Å². The van der Waals surface area contributed by atoms with Crippen LogP contribution in [0.4, 0.5) is 17.5 Å². The van der Waals surface area contributed by atoms with Gasteiger partial charge in [-0.15, -0.1) is 0 Å². The molecule has 2 aliphatic rings. The van der Waals surface area contributed by atoms with E-state index >= 15 is 0 Å². The lowest BCUT2D eigenvalue weighted by Crippen LogP contribution is -2.50.